The molecule has 0 bridgehead atoms. The van der Waals surface area contributed by atoms with Crippen molar-refractivity contribution >= 4 is 18.5 Å². The molecular formula is C6H8BN3O3. The van der Waals surface area contributed by atoms with E-state index in [2.05, 4.69) is 9.97 Å². The van der Waals surface area contributed by atoms with Crippen molar-refractivity contribution in [1.29, 1.82) is 0 Å². The van der Waals surface area contributed by atoms with Crippen LogP contribution in [0.3, 0.4) is 0 Å². The number of nitrogens with zero attached hydrogens (tertiary/aromatic N) is 2. The zero-order valence-corrected chi connectivity index (χ0v) is 6.71. The van der Waals surface area contributed by atoms with Crippen LogP contribution in [-0.2, 0) is 11.2 Å². The summed E-state index contributed by atoms with van der Waals surface area (Å²) >= 11 is 0. The van der Waals surface area contributed by atoms with Gasteiger partial charge in [0.25, 0.3) is 0 Å². The standard InChI is InChI=1S/C6H8BN3O3/c8-5(11)1-6-9-2-4(3-10-6)7(12)13/h2-3,12-13H,1H2,(H2,8,11). The van der Waals surface area contributed by atoms with Crippen molar-refractivity contribution in [2.75, 3.05) is 0 Å². The smallest absolute Gasteiger partial charge is 0.423 e. The van der Waals surface area contributed by atoms with Crippen LogP contribution in [0.2, 0.25) is 0 Å². The fraction of sp³-hybridized carbons (Fsp3) is 0.167. The summed E-state index contributed by atoms with van der Waals surface area (Å²) in [6, 6.07) is 0. The number of nitrogens with two attached hydrogens (primary N) is 1. The summed E-state index contributed by atoms with van der Waals surface area (Å²) in [7, 11) is -1.59. The van der Waals surface area contributed by atoms with Crippen molar-refractivity contribution in [2.45, 2.75) is 6.42 Å². The van der Waals surface area contributed by atoms with E-state index in [0.717, 1.165) is 0 Å². The Morgan fingerprint density at radius 1 is 1.46 bits per heavy atom. The van der Waals surface area contributed by atoms with Gasteiger partial charge in [0.15, 0.2) is 0 Å². The first-order chi connectivity index (χ1) is 6.09. The van der Waals surface area contributed by atoms with Gasteiger partial charge in [-0.25, -0.2) is 9.97 Å². The Bertz CT molecular complexity index is 300. The van der Waals surface area contributed by atoms with Gasteiger partial charge in [0.1, 0.15) is 5.82 Å². The number of hydrogen-bond donors (Lipinski definition) is 3. The Morgan fingerprint density at radius 3 is 2.38 bits per heavy atom. The first kappa shape index (κ1) is 9.62. The maximum Gasteiger partial charge on any atom is 0.491 e. The van der Waals surface area contributed by atoms with E-state index in [1.54, 1.807) is 0 Å². The van der Waals surface area contributed by atoms with Crippen molar-refractivity contribution in [3.63, 3.8) is 0 Å². The molecule has 0 spiro atoms. The van der Waals surface area contributed by atoms with Gasteiger partial charge < -0.3 is 15.8 Å². The highest BCUT2D eigenvalue weighted by Crippen LogP contribution is 1.87. The van der Waals surface area contributed by atoms with Crippen molar-refractivity contribution in [1.82, 2.24) is 9.97 Å². The quantitative estimate of drug-likeness (QED) is 0.436. The molecule has 1 amide bonds. The van der Waals surface area contributed by atoms with Gasteiger partial charge in [-0.2, -0.15) is 0 Å². The second-order valence-corrected chi connectivity index (χ2v) is 2.45. The van der Waals surface area contributed by atoms with E-state index in [1.807, 2.05) is 0 Å². The lowest BCUT2D eigenvalue weighted by molar-refractivity contribution is -0.117. The summed E-state index contributed by atoms with van der Waals surface area (Å²) in [5, 5.41) is 17.4. The average molecular weight is 181 g/mol. The molecule has 6 nitrogen and oxygen atoms in total. The fourth-order valence-electron chi connectivity index (χ4n) is 0.745. The zero-order valence-electron chi connectivity index (χ0n) is 6.71. The lowest BCUT2D eigenvalue weighted by atomic mass is 9.83. The predicted octanol–water partition coefficient (Wildman–Crippen LogP) is -2.82. The van der Waals surface area contributed by atoms with Gasteiger partial charge in [-0.1, -0.05) is 0 Å². The molecule has 1 heterocycles. The SMILES string of the molecule is NC(=O)Cc1ncc(B(O)O)cn1. The lowest BCUT2D eigenvalue weighted by Gasteiger charge is -1.98. The maximum atomic E-state index is 10.4. The topological polar surface area (TPSA) is 109 Å². The van der Waals surface area contributed by atoms with Gasteiger partial charge in [0.05, 0.1) is 6.42 Å². The Kier molecular flexibility index (Phi) is 2.94. The van der Waals surface area contributed by atoms with Crippen molar-refractivity contribution in [3.05, 3.63) is 18.2 Å². The molecule has 0 aliphatic carbocycles. The van der Waals surface area contributed by atoms with Gasteiger partial charge >= 0.3 is 7.12 Å². The molecule has 68 valence electrons. The molecule has 0 aliphatic rings. The third kappa shape index (κ3) is 2.81. The highest BCUT2D eigenvalue weighted by Gasteiger charge is 2.11. The summed E-state index contributed by atoms with van der Waals surface area (Å²) in [5.74, 6) is -0.269. The van der Waals surface area contributed by atoms with Gasteiger partial charge in [-0.05, 0) is 0 Å². The molecule has 1 aromatic heterocycles. The molecule has 0 saturated carbocycles. The first-order valence-corrected chi connectivity index (χ1v) is 3.55. The predicted molar refractivity (Wildman–Crippen MR) is 44.8 cm³/mol. The number of carbonyl (C=O) groups is 1. The lowest BCUT2D eigenvalue weighted by Crippen LogP contribution is -2.31. The minimum absolute atomic E-state index is 0.0538. The molecule has 0 radical (unpaired) electrons. The molecule has 0 atom stereocenters. The third-order valence-electron chi connectivity index (χ3n) is 1.36. The second-order valence-electron chi connectivity index (χ2n) is 2.45. The molecule has 0 saturated heterocycles. The molecule has 0 unspecified atom stereocenters. The van der Waals surface area contributed by atoms with E-state index < -0.39 is 13.0 Å². The number of hydrogen-bond acceptors (Lipinski definition) is 5. The molecule has 0 aliphatic heterocycles. The van der Waals surface area contributed by atoms with Crippen LogP contribution in [0.25, 0.3) is 0 Å². The molecule has 1 rings (SSSR count). The molecule has 7 heteroatoms. The number of primary amides is 1. The summed E-state index contributed by atoms with van der Waals surface area (Å²) in [6.07, 6.45) is 2.41. The summed E-state index contributed by atoms with van der Waals surface area (Å²) in [6.45, 7) is 0. The Labute approximate surface area is 74.6 Å². The zero-order chi connectivity index (χ0) is 9.84. The Balaban J connectivity index is 2.75. The molecule has 1 aromatic rings. The molecule has 0 aromatic carbocycles. The van der Waals surface area contributed by atoms with Crippen molar-refractivity contribution in [3.8, 4) is 0 Å². The van der Waals surface area contributed by atoms with Crippen LogP contribution >= 0.6 is 0 Å². The monoisotopic (exact) mass is 181 g/mol. The van der Waals surface area contributed by atoms with Crippen molar-refractivity contribution in [2.24, 2.45) is 5.73 Å². The van der Waals surface area contributed by atoms with E-state index in [9.17, 15) is 4.79 Å². The van der Waals surface area contributed by atoms with Crippen LogP contribution in [0.15, 0.2) is 12.4 Å². The van der Waals surface area contributed by atoms with Crippen LogP contribution < -0.4 is 11.2 Å². The van der Waals surface area contributed by atoms with Crippen LogP contribution in [0.1, 0.15) is 5.82 Å². The minimum atomic E-state index is -1.59. The summed E-state index contributed by atoms with van der Waals surface area (Å²) in [5.41, 5.74) is 5.08. The third-order valence-corrected chi connectivity index (χ3v) is 1.36. The van der Waals surface area contributed by atoms with E-state index in [4.69, 9.17) is 15.8 Å². The van der Waals surface area contributed by atoms with E-state index >= 15 is 0 Å². The fourth-order valence-corrected chi connectivity index (χ4v) is 0.745. The van der Waals surface area contributed by atoms with Crippen LogP contribution in [-0.4, -0.2) is 33.0 Å². The number of carbonyl (C=O) groups excluding carboxylic acids is 1. The van der Waals surface area contributed by atoms with E-state index in [0.29, 0.717) is 0 Å². The Hall–Kier alpha value is -1.47. The molecular weight excluding hydrogens is 173 g/mol. The van der Waals surface area contributed by atoms with Gasteiger partial charge in [-0.3, -0.25) is 4.79 Å². The summed E-state index contributed by atoms with van der Waals surface area (Å²) < 4.78 is 0. The average Bonchev–Trinajstić information content (AvgIpc) is 2.04. The van der Waals surface area contributed by atoms with Gasteiger partial charge in [0, 0.05) is 17.9 Å². The minimum Gasteiger partial charge on any atom is -0.423 e. The Morgan fingerprint density at radius 2 is 2.00 bits per heavy atom. The maximum absolute atomic E-state index is 10.4. The van der Waals surface area contributed by atoms with Crippen molar-refractivity contribution < 1.29 is 14.8 Å². The largest absolute Gasteiger partial charge is 0.491 e. The normalized spacial score (nSPS) is 9.69. The van der Waals surface area contributed by atoms with E-state index in [1.165, 1.54) is 12.4 Å². The molecule has 13 heavy (non-hydrogen) atoms. The molecule has 4 N–H and O–H groups in total. The van der Waals surface area contributed by atoms with Crippen LogP contribution in [0, 0.1) is 0 Å². The number of rotatable bonds is 3. The van der Waals surface area contributed by atoms with Crippen LogP contribution in [0.4, 0.5) is 0 Å². The van der Waals surface area contributed by atoms with Crippen LogP contribution in [0.5, 0.6) is 0 Å². The van der Waals surface area contributed by atoms with E-state index in [-0.39, 0.29) is 17.7 Å². The molecule has 0 fully saturated rings. The van der Waals surface area contributed by atoms with Gasteiger partial charge in [0.2, 0.25) is 5.91 Å². The van der Waals surface area contributed by atoms with Gasteiger partial charge in [-0.15, -0.1) is 0 Å². The number of amides is 1. The second kappa shape index (κ2) is 3.97. The highest BCUT2D eigenvalue weighted by atomic mass is 16.4. The summed E-state index contributed by atoms with van der Waals surface area (Å²) in [4.78, 5) is 17.8. The highest BCUT2D eigenvalue weighted by molar-refractivity contribution is 6.58. The number of aromatic nitrogens is 2. The first-order valence-electron chi connectivity index (χ1n) is 3.55.